The SMILES string of the molecule is C=C(N)c1c(C)cc(N2CCN(CCF)CC2)cc1F.COc1cc(CN2CC3(CC(C(F)(F)P)C3)C2)cc(OC)c1-c1cccc2c(CCC(=O)O)cccc12. The van der Waals surface area contributed by atoms with Gasteiger partial charge in [0, 0.05) is 81.6 Å². The van der Waals surface area contributed by atoms with Crippen LogP contribution < -0.4 is 20.1 Å². The van der Waals surface area contributed by atoms with Crippen LogP contribution in [0.25, 0.3) is 27.6 Å². The highest BCUT2D eigenvalue weighted by Gasteiger charge is 2.57. The number of carboxylic acid groups (broad SMARTS) is 1. The van der Waals surface area contributed by atoms with Crippen molar-refractivity contribution in [1.29, 1.82) is 0 Å². The first kappa shape index (κ1) is 42.2. The van der Waals surface area contributed by atoms with Gasteiger partial charge in [-0.05, 0) is 88.9 Å². The molecule has 3 N–H and O–H groups in total. The van der Waals surface area contributed by atoms with E-state index >= 15 is 0 Å². The maximum absolute atomic E-state index is 14.1. The molecule has 0 bridgehead atoms. The van der Waals surface area contributed by atoms with Crippen LogP contribution in [0.15, 0.2) is 67.2 Å². The standard InChI is InChI=1S/C29H32F2NO4P.C15H21F2N3/c1-35-24-11-18(15-32-16-28(17-32)13-20(14-28)29(30,31)37)12-25(36-2)27(24)23-8-4-6-21-19(9-10-26(33)34)5-3-7-22(21)23;1-11-9-13(10-14(17)15(11)12(2)18)20-7-5-19(4-3-16)6-8-20/h3-8,11-12,20H,9-10,13-17,37H2,1-2H3,(H,33,34);9-10H,2-8,18H2,1H3. The van der Waals surface area contributed by atoms with Crippen molar-refractivity contribution in [2.45, 2.75) is 44.8 Å². The number of carbonyl (C=O) groups is 1. The second kappa shape index (κ2) is 17.6. The van der Waals surface area contributed by atoms with E-state index in [1.165, 1.54) is 6.07 Å². The molecule has 57 heavy (non-hydrogen) atoms. The van der Waals surface area contributed by atoms with Crippen molar-refractivity contribution < 1.29 is 36.9 Å². The van der Waals surface area contributed by atoms with E-state index < -0.39 is 17.6 Å². The van der Waals surface area contributed by atoms with Gasteiger partial charge in [0.05, 0.1) is 19.8 Å². The predicted molar refractivity (Wildman–Crippen MR) is 223 cm³/mol. The first-order chi connectivity index (χ1) is 27.1. The Morgan fingerprint density at radius 2 is 1.61 bits per heavy atom. The monoisotopic (exact) mass is 808 g/mol. The lowest BCUT2D eigenvalue weighted by molar-refractivity contribution is -0.148. The normalized spacial score (nSPS) is 17.1. The molecule has 0 aromatic heterocycles. The summed E-state index contributed by atoms with van der Waals surface area (Å²) in [6.45, 7) is 11.1. The average Bonchev–Trinajstić information content (AvgIpc) is 3.13. The molecular weight excluding hydrogens is 755 g/mol. The van der Waals surface area contributed by atoms with Gasteiger partial charge in [-0.2, -0.15) is 0 Å². The first-order valence-corrected chi connectivity index (χ1v) is 19.9. The number of aliphatic carboxylic acids is 1. The van der Waals surface area contributed by atoms with E-state index in [-0.39, 0.29) is 30.0 Å². The minimum absolute atomic E-state index is 0.0417. The van der Waals surface area contributed by atoms with Gasteiger partial charge in [-0.1, -0.05) is 52.2 Å². The zero-order valence-electron chi connectivity index (χ0n) is 32.9. The topological polar surface area (TPSA) is 91.5 Å². The molecule has 3 aliphatic rings. The number of methoxy groups -OCH3 is 2. The molecule has 4 aromatic rings. The predicted octanol–water partition coefficient (Wildman–Crippen LogP) is 8.38. The molecule has 0 amide bonds. The third kappa shape index (κ3) is 9.51. The zero-order valence-corrected chi connectivity index (χ0v) is 34.1. The van der Waals surface area contributed by atoms with Crippen LogP contribution in [0.2, 0.25) is 0 Å². The number of hydrogen-bond acceptors (Lipinski definition) is 7. The van der Waals surface area contributed by atoms with Crippen LogP contribution in [0.3, 0.4) is 0 Å². The largest absolute Gasteiger partial charge is 0.496 e. The quantitative estimate of drug-likeness (QED) is 0.103. The van der Waals surface area contributed by atoms with Gasteiger partial charge in [-0.3, -0.25) is 14.6 Å². The van der Waals surface area contributed by atoms with Crippen molar-refractivity contribution in [1.82, 2.24) is 9.80 Å². The van der Waals surface area contributed by atoms with Crippen LogP contribution in [0, 0.1) is 24.1 Å². The molecule has 1 spiro atoms. The fraction of sp³-hybridized carbons (Fsp3) is 0.432. The van der Waals surface area contributed by atoms with Crippen molar-refractivity contribution in [3.8, 4) is 22.6 Å². The number of hydrogen-bond donors (Lipinski definition) is 2. The molecule has 2 saturated heterocycles. The number of piperazine rings is 1. The van der Waals surface area contributed by atoms with E-state index in [4.69, 9.17) is 20.3 Å². The second-order valence-electron chi connectivity index (χ2n) is 15.7. The summed E-state index contributed by atoms with van der Waals surface area (Å²) < 4.78 is 65.2. The van der Waals surface area contributed by atoms with Gasteiger partial charge in [0.15, 0.2) is 0 Å². The number of benzene rings is 4. The Labute approximate surface area is 334 Å². The molecular formula is C44H53F4N4O4P. The molecule has 13 heteroatoms. The number of ether oxygens (including phenoxy) is 2. The fourth-order valence-corrected chi connectivity index (χ4v) is 9.06. The van der Waals surface area contributed by atoms with Crippen molar-refractivity contribution >= 4 is 37.4 Å². The third-order valence-electron chi connectivity index (χ3n) is 11.6. The molecule has 1 saturated carbocycles. The zero-order chi connectivity index (χ0) is 41.1. The number of likely N-dealkylation sites (tertiary alicyclic amines) is 1. The van der Waals surface area contributed by atoms with Crippen molar-refractivity contribution in [2.24, 2.45) is 17.1 Å². The van der Waals surface area contributed by atoms with Gasteiger partial charge in [0.25, 0.3) is 5.66 Å². The minimum Gasteiger partial charge on any atom is -0.496 e. The van der Waals surface area contributed by atoms with Crippen LogP contribution in [0.4, 0.5) is 23.2 Å². The molecule has 0 radical (unpaired) electrons. The lowest BCUT2D eigenvalue weighted by Crippen LogP contribution is -2.63. The first-order valence-electron chi connectivity index (χ1n) is 19.3. The summed E-state index contributed by atoms with van der Waals surface area (Å²) in [4.78, 5) is 17.6. The number of anilines is 1. The van der Waals surface area contributed by atoms with E-state index in [1.54, 1.807) is 23.5 Å². The summed E-state index contributed by atoms with van der Waals surface area (Å²) >= 11 is 0. The van der Waals surface area contributed by atoms with E-state index in [0.29, 0.717) is 49.4 Å². The van der Waals surface area contributed by atoms with Crippen LogP contribution in [0.1, 0.15) is 41.5 Å². The van der Waals surface area contributed by atoms with Crippen molar-refractivity contribution in [3.63, 3.8) is 0 Å². The number of rotatable bonds is 13. The van der Waals surface area contributed by atoms with Crippen LogP contribution in [-0.4, -0.2) is 93.2 Å². The Morgan fingerprint density at radius 1 is 0.982 bits per heavy atom. The van der Waals surface area contributed by atoms with Gasteiger partial charge >= 0.3 is 5.97 Å². The van der Waals surface area contributed by atoms with Gasteiger partial charge in [0.2, 0.25) is 0 Å². The molecule has 2 heterocycles. The summed E-state index contributed by atoms with van der Waals surface area (Å²) in [5.74, 6) is -0.290. The van der Waals surface area contributed by atoms with Crippen LogP contribution in [-0.2, 0) is 17.8 Å². The summed E-state index contributed by atoms with van der Waals surface area (Å²) in [7, 11) is 4.98. The van der Waals surface area contributed by atoms with Crippen LogP contribution >= 0.6 is 9.24 Å². The van der Waals surface area contributed by atoms with E-state index in [2.05, 4.69) is 21.3 Å². The van der Waals surface area contributed by atoms with Gasteiger partial charge in [-0.15, -0.1) is 0 Å². The van der Waals surface area contributed by atoms with E-state index in [9.17, 15) is 22.4 Å². The highest BCUT2D eigenvalue weighted by atomic mass is 31.0. The number of aryl methyl sites for hydroxylation is 2. The third-order valence-corrected chi connectivity index (χ3v) is 12.1. The summed E-state index contributed by atoms with van der Waals surface area (Å²) in [5.41, 5.74) is 9.10. The van der Waals surface area contributed by atoms with E-state index in [1.807, 2.05) is 61.5 Å². The molecule has 4 aromatic carbocycles. The van der Waals surface area contributed by atoms with Crippen molar-refractivity contribution in [2.75, 3.05) is 71.6 Å². The summed E-state index contributed by atoms with van der Waals surface area (Å²) in [6, 6.07) is 19.5. The number of fused-ring (bicyclic) bond motifs is 1. The number of carboxylic acids is 1. The molecule has 1 atom stereocenters. The average molecular weight is 809 g/mol. The smallest absolute Gasteiger partial charge is 0.303 e. The lowest BCUT2D eigenvalue weighted by atomic mass is 9.57. The maximum Gasteiger partial charge on any atom is 0.303 e. The number of halogens is 4. The fourth-order valence-electron chi connectivity index (χ4n) is 8.83. The maximum atomic E-state index is 14.1. The molecule has 2 aliphatic heterocycles. The van der Waals surface area contributed by atoms with Gasteiger partial charge < -0.3 is 25.2 Å². The Morgan fingerprint density at radius 3 is 2.18 bits per heavy atom. The Bertz CT molecular complexity index is 2040. The highest BCUT2D eigenvalue weighted by molar-refractivity contribution is 7.18. The Balaban J connectivity index is 0.000000232. The number of alkyl halides is 3. The number of nitrogens with zero attached hydrogens (tertiary/aromatic N) is 3. The summed E-state index contributed by atoms with van der Waals surface area (Å²) in [5, 5.41) is 11.2. The molecule has 7 rings (SSSR count). The second-order valence-corrected chi connectivity index (χ2v) is 16.4. The molecule has 1 aliphatic carbocycles. The number of nitrogens with two attached hydrogens (primary N) is 1. The molecule has 306 valence electrons. The lowest BCUT2D eigenvalue weighted by Gasteiger charge is -2.60. The molecule has 1 unspecified atom stereocenters. The van der Waals surface area contributed by atoms with Gasteiger partial charge in [0.1, 0.15) is 24.0 Å². The Kier molecular flexibility index (Phi) is 13.1. The van der Waals surface area contributed by atoms with Crippen molar-refractivity contribution in [3.05, 3.63) is 95.3 Å². The molecule has 8 nitrogen and oxygen atoms in total. The highest BCUT2D eigenvalue weighted by Crippen LogP contribution is 2.58. The van der Waals surface area contributed by atoms with Crippen LogP contribution in [0.5, 0.6) is 11.5 Å². The summed E-state index contributed by atoms with van der Waals surface area (Å²) in [6.07, 6.45) is 1.70. The Hall–Kier alpha value is -4.38. The minimum atomic E-state index is -2.67. The molecule has 3 fully saturated rings. The van der Waals surface area contributed by atoms with E-state index in [0.717, 1.165) is 83.5 Å². The van der Waals surface area contributed by atoms with Gasteiger partial charge in [-0.25, -0.2) is 17.6 Å².